The fraction of sp³-hybridized carbons (Fsp3) is 0.167. The number of benzene rings is 1. The third kappa shape index (κ3) is 2.11. The zero-order valence-electron chi connectivity index (χ0n) is 9.07. The molecule has 0 fully saturated rings. The molecule has 1 radical (unpaired) electrons. The number of hydrogen-bond donors (Lipinski definition) is 1. The maximum atomic E-state index is 11.8. The molecule has 0 aliphatic heterocycles. The van der Waals surface area contributed by atoms with Crippen molar-refractivity contribution in [3.05, 3.63) is 47.7 Å². The van der Waals surface area contributed by atoms with Gasteiger partial charge in [0.2, 0.25) is 0 Å². The second kappa shape index (κ2) is 4.18. The van der Waals surface area contributed by atoms with Crippen LogP contribution in [0.25, 0.3) is 0 Å². The van der Waals surface area contributed by atoms with E-state index in [2.05, 4.69) is 16.4 Å². The highest BCUT2D eigenvalue weighted by Crippen LogP contribution is 2.12. The lowest BCUT2D eigenvalue weighted by Crippen LogP contribution is -2.13. The third-order valence-corrected chi connectivity index (χ3v) is 2.08. The van der Waals surface area contributed by atoms with Gasteiger partial charge in [-0.15, -0.1) is 0 Å². The van der Waals surface area contributed by atoms with Crippen molar-refractivity contribution in [2.24, 2.45) is 0 Å². The lowest BCUT2D eigenvalue weighted by Gasteiger charge is -2.01. The van der Waals surface area contributed by atoms with Crippen molar-refractivity contribution in [2.75, 3.05) is 5.32 Å². The first-order valence-electron chi connectivity index (χ1n) is 4.88. The van der Waals surface area contributed by atoms with E-state index in [1.54, 1.807) is 38.1 Å². The summed E-state index contributed by atoms with van der Waals surface area (Å²) in [6, 6.07) is 9.93. The summed E-state index contributed by atoms with van der Waals surface area (Å²) in [6.07, 6.45) is 0. The predicted molar refractivity (Wildman–Crippen MR) is 59.2 cm³/mol. The second-order valence-corrected chi connectivity index (χ2v) is 3.38. The molecule has 0 unspecified atom stereocenters. The number of oxazole rings is 1. The molecule has 1 amide bonds. The molecule has 4 heteroatoms. The molecule has 1 heterocycles. The summed E-state index contributed by atoms with van der Waals surface area (Å²) in [5, 5.41) is 2.72. The highest BCUT2D eigenvalue weighted by Gasteiger charge is 2.15. The number of amides is 1. The van der Waals surface area contributed by atoms with E-state index in [4.69, 9.17) is 4.42 Å². The van der Waals surface area contributed by atoms with Crippen LogP contribution in [0.4, 0.5) is 5.69 Å². The Morgan fingerprint density at radius 2 is 2.31 bits per heavy atom. The lowest BCUT2D eigenvalue weighted by atomic mass is 10.3. The van der Waals surface area contributed by atoms with Gasteiger partial charge in [-0.1, -0.05) is 12.1 Å². The fourth-order valence-electron chi connectivity index (χ4n) is 1.40. The average molecular weight is 215 g/mol. The highest BCUT2D eigenvalue weighted by atomic mass is 16.4. The van der Waals surface area contributed by atoms with Crippen LogP contribution >= 0.6 is 0 Å². The summed E-state index contributed by atoms with van der Waals surface area (Å²) < 4.78 is 5.19. The molecule has 4 nitrogen and oxygen atoms in total. The van der Waals surface area contributed by atoms with E-state index in [9.17, 15) is 4.79 Å². The molecule has 0 aliphatic rings. The largest absolute Gasteiger partial charge is 0.445 e. The van der Waals surface area contributed by atoms with E-state index in [0.717, 1.165) is 0 Å². The first-order valence-corrected chi connectivity index (χ1v) is 4.88. The Bertz CT molecular complexity index is 503. The molecule has 0 saturated carbocycles. The monoisotopic (exact) mass is 215 g/mol. The number of aromatic nitrogens is 1. The Morgan fingerprint density at radius 3 is 2.88 bits per heavy atom. The molecule has 81 valence electrons. The van der Waals surface area contributed by atoms with E-state index < -0.39 is 0 Å². The van der Waals surface area contributed by atoms with E-state index in [1.165, 1.54) is 0 Å². The van der Waals surface area contributed by atoms with Crippen molar-refractivity contribution in [3.63, 3.8) is 0 Å². The fourth-order valence-corrected chi connectivity index (χ4v) is 1.40. The topological polar surface area (TPSA) is 55.1 Å². The van der Waals surface area contributed by atoms with Gasteiger partial charge in [0.1, 0.15) is 5.76 Å². The second-order valence-electron chi connectivity index (χ2n) is 3.38. The Balaban J connectivity index is 2.18. The van der Waals surface area contributed by atoms with Gasteiger partial charge in [0.25, 0.3) is 5.91 Å². The first kappa shape index (κ1) is 10.4. The van der Waals surface area contributed by atoms with Crippen LogP contribution in [0.5, 0.6) is 0 Å². The summed E-state index contributed by atoms with van der Waals surface area (Å²) in [6.45, 7) is 3.42. The maximum absolute atomic E-state index is 11.8. The van der Waals surface area contributed by atoms with Crippen LogP contribution in [-0.2, 0) is 0 Å². The average Bonchev–Trinajstić information content (AvgIpc) is 2.59. The van der Waals surface area contributed by atoms with Crippen LogP contribution in [0.2, 0.25) is 0 Å². The predicted octanol–water partition coefficient (Wildman–Crippen LogP) is 2.34. The minimum absolute atomic E-state index is 0.269. The number of nitrogens with one attached hydrogen (secondary N) is 1. The standard InChI is InChI=1S/C12H11N2O2/c1-8-11(13-9(2)16-8)12(15)14-10-6-4-3-5-7-10/h3-4,6-7H,1-2H3,(H,14,15). The molecular formula is C12H11N2O2. The SMILES string of the molecule is Cc1nc(C(=O)Nc2c[c]ccc2)c(C)o1. The van der Waals surface area contributed by atoms with Crippen molar-refractivity contribution in [2.45, 2.75) is 13.8 Å². The molecule has 1 aromatic heterocycles. The van der Waals surface area contributed by atoms with Gasteiger partial charge < -0.3 is 9.73 Å². The van der Waals surface area contributed by atoms with Gasteiger partial charge in [-0.3, -0.25) is 4.79 Å². The smallest absolute Gasteiger partial charge is 0.277 e. The van der Waals surface area contributed by atoms with Crippen LogP contribution < -0.4 is 5.32 Å². The third-order valence-electron chi connectivity index (χ3n) is 2.08. The quantitative estimate of drug-likeness (QED) is 0.836. The molecule has 0 bridgehead atoms. The van der Waals surface area contributed by atoms with Crippen molar-refractivity contribution < 1.29 is 9.21 Å². The van der Waals surface area contributed by atoms with Gasteiger partial charge >= 0.3 is 0 Å². The molecule has 0 saturated heterocycles. The Morgan fingerprint density at radius 1 is 1.50 bits per heavy atom. The number of carbonyl (C=O) groups is 1. The number of anilines is 1. The van der Waals surface area contributed by atoms with Gasteiger partial charge in [0.15, 0.2) is 11.6 Å². The number of rotatable bonds is 2. The number of carbonyl (C=O) groups excluding carboxylic acids is 1. The Kier molecular flexibility index (Phi) is 2.72. The van der Waals surface area contributed by atoms with E-state index >= 15 is 0 Å². The highest BCUT2D eigenvalue weighted by molar-refractivity contribution is 6.03. The van der Waals surface area contributed by atoms with E-state index in [-0.39, 0.29) is 5.91 Å². The van der Waals surface area contributed by atoms with Crippen LogP contribution in [-0.4, -0.2) is 10.9 Å². The first-order chi connectivity index (χ1) is 7.66. The molecule has 2 aromatic rings. The van der Waals surface area contributed by atoms with Gasteiger partial charge in [-0.2, -0.15) is 0 Å². The molecule has 0 aliphatic carbocycles. The lowest BCUT2D eigenvalue weighted by molar-refractivity contribution is 0.102. The zero-order valence-corrected chi connectivity index (χ0v) is 9.07. The van der Waals surface area contributed by atoms with E-state index in [0.29, 0.717) is 23.0 Å². The summed E-state index contributed by atoms with van der Waals surface area (Å²) in [5.74, 6) is 0.742. The zero-order chi connectivity index (χ0) is 11.5. The minimum atomic E-state index is -0.269. The van der Waals surface area contributed by atoms with Crippen LogP contribution in [0, 0.1) is 19.9 Å². The summed E-state index contributed by atoms with van der Waals surface area (Å²) >= 11 is 0. The number of nitrogens with zero attached hydrogens (tertiary/aromatic N) is 1. The van der Waals surface area contributed by atoms with Crippen molar-refractivity contribution in [3.8, 4) is 0 Å². The molecule has 0 spiro atoms. The van der Waals surface area contributed by atoms with Crippen LogP contribution in [0.15, 0.2) is 28.7 Å². The molecule has 16 heavy (non-hydrogen) atoms. The van der Waals surface area contributed by atoms with Crippen LogP contribution in [0.3, 0.4) is 0 Å². The summed E-state index contributed by atoms with van der Waals surface area (Å²) in [7, 11) is 0. The Labute approximate surface area is 93.3 Å². The summed E-state index contributed by atoms with van der Waals surface area (Å²) in [4.78, 5) is 15.8. The molecule has 1 N–H and O–H groups in total. The molecule has 2 rings (SSSR count). The normalized spacial score (nSPS) is 10.1. The number of aryl methyl sites for hydroxylation is 2. The maximum Gasteiger partial charge on any atom is 0.277 e. The van der Waals surface area contributed by atoms with Crippen LogP contribution in [0.1, 0.15) is 22.1 Å². The molecular weight excluding hydrogens is 204 g/mol. The van der Waals surface area contributed by atoms with Gasteiger partial charge in [-0.25, -0.2) is 4.98 Å². The van der Waals surface area contributed by atoms with Crippen molar-refractivity contribution in [1.82, 2.24) is 4.98 Å². The van der Waals surface area contributed by atoms with Gasteiger partial charge in [0, 0.05) is 12.6 Å². The molecule has 1 aromatic carbocycles. The number of hydrogen-bond acceptors (Lipinski definition) is 3. The van der Waals surface area contributed by atoms with Gasteiger partial charge in [-0.05, 0) is 25.1 Å². The molecule has 0 atom stereocenters. The van der Waals surface area contributed by atoms with E-state index in [1.807, 2.05) is 0 Å². The van der Waals surface area contributed by atoms with Crippen molar-refractivity contribution >= 4 is 11.6 Å². The van der Waals surface area contributed by atoms with Crippen molar-refractivity contribution in [1.29, 1.82) is 0 Å². The Hall–Kier alpha value is -2.10. The van der Waals surface area contributed by atoms with Gasteiger partial charge in [0.05, 0.1) is 0 Å². The minimum Gasteiger partial charge on any atom is -0.445 e. The summed E-state index contributed by atoms with van der Waals surface area (Å²) in [5.41, 5.74) is 1.01.